The van der Waals surface area contributed by atoms with E-state index in [4.69, 9.17) is 4.74 Å². The van der Waals surface area contributed by atoms with Crippen molar-refractivity contribution in [1.82, 2.24) is 14.8 Å². The first-order chi connectivity index (χ1) is 10.1. The molecule has 1 unspecified atom stereocenters. The molecule has 0 aliphatic carbocycles. The lowest BCUT2D eigenvalue weighted by Gasteiger charge is -2.34. The van der Waals surface area contributed by atoms with E-state index in [1.54, 1.807) is 13.2 Å². The molecule has 2 aromatic heterocycles. The highest BCUT2D eigenvalue weighted by Crippen LogP contribution is 2.35. The van der Waals surface area contributed by atoms with Crippen molar-refractivity contribution in [2.75, 3.05) is 13.7 Å². The van der Waals surface area contributed by atoms with Crippen molar-refractivity contribution in [3.05, 3.63) is 35.9 Å². The number of hydrogen-bond acceptors (Lipinski definition) is 3. The molecule has 0 N–H and O–H groups in total. The minimum atomic E-state index is -0.324. The number of rotatable bonds is 4. The summed E-state index contributed by atoms with van der Waals surface area (Å²) in [7, 11) is 1.74. The van der Waals surface area contributed by atoms with E-state index in [-0.39, 0.29) is 11.2 Å². The Hall–Kier alpha value is -1.75. The van der Waals surface area contributed by atoms with Gasteiger partial charge in [-0.1, -0.05) is 6.92 Å². The highest BCUT2D eigenvalue weighted by Gasteiger charge is 2.30. The lowest BCUT2D eigenvalue weighted by Crippen LogP contribution is -2.31. The summed E-state index contributed by atoms with van der Waals surface area (Å²) >= 11 is 0. The molecule has 3 heterocycles. The van der Waals surface area contributed by atoms with Crippen molar-refractivity contribution in [3.8, 4) is 11.4 Å². The Kier molecular flexibility index (Phi) is 3.76. The van der Waals surface area contributed by atoms with Gasteiger partial charge in [0.25, 0.3) is 0 Å². The molecule has 4 nitrogen and oxygen atoms in total. The third-order valence-corrected chi connectivity index (χ3v) is 4.28. The Morgan fingerprint density at radius 3 is 2.95 bits per heavy atom. The molecule has 0 bridgehead atoms. The minimum absolute atomic E-state index is 0.225. The monoisotopic (exact) mass is 289 g/mol. The summed E-state index contributed by atoms with van der Waals surface area (Å²) in [6.07, 6.45) is 4.41. The fourth-order valence-corrected chi connectivity index (χ4v) is 2.87. The summed E-state index contributed by atoms with van der Waals surface area (Å²) in [6, 6.07) is 5.16. The normalized spacial score (nSPS) is 21.3. The first-order valence-corrected chi connectivity index (χ1v) is 7.27. The van der Waals surface area contributed by atoms with Crippen LogP contribution in [0.3, 0.4) is 0 Å². The Morgan fingerprint density at radius 2 is 2.24 bits per heavy atom. The van der Waals surface area contributed by atoms with E-state index in [0.717, 1.165) is 43.8 Å². The van der Waals surface area contributed by atoms with Gasteiger partial charge in [0.05, 0.1) is 11.9 Å². The molecule has 21 heavy (non-hydrogen) atoms. The van der Waals surface area contributed by atoms with Crippen LogP contribution in [-0.2, 0) is 17.7 Å². The van der Waals surface area contributed by atoms with E-state index < -0.39 is 0 Å². The molecule has 5 heteroatoms. The fourth-order valence-electron chi connectivity index (χ4n) is 2.87. The van der Waals surface area contributed by atoms with Gasteiger partial charge in [0.15, 0.2) is 0 Å². The molecule has 2 aromatic rings. The Bertz CT molecular complexity index is 623. The predicted octanol–water partition coefficient (Wildman–Crippen LogP) is 3.07. The van der Waals surface area contributed by atoms with Crippen LogP contribution in [0.4, 0.5) is 4.39 Å². The molecular weight excluding hydrogens is 269 g/mol. The highest BCUT2D eigenvalue weighted by molar-refractivity contribution is 5.54. The summed E-state index contributed by atoms with van der Waals surface area (Å²) in [6.45, 7) is 3.96. The highest BCUT2D eigenvalue weighted by atomic mass is 19.1. The molecule has 1 aliphatic rings. The number of ether oxygens (including phenoxy) is 1. The summed E-state index contributed by atoms with van der Waals surface area (Å²) in [4.78, 5) is 4.11. The molecule has 0 aromatic carbocycles. The number of halogens is 1. The predicted molar refractivity (Wildman–Crippen MR) is 78.3 cm³/mol. The van der Waals surface area contributed by atoms with Gasteiger partial charge in [0.2, 0.25) is 0 Å². The Morgan fingerprint density at radius 1 is 1.38 bits per heavy atom. The maximum absolute atomic E-state index is 12.9. The van der Waals surface area contributed by atoms with Gasteiger partial charge in [-0.25, -0.2) is 4.39 Å². The number of fused-ring (bicyclic) bond motifs is 1. The molecule has 1 aliphatic heterocycles. The molecular formula is C16H20FN3O. The molecule has 0 fully saturated rings. The quantitative estimate of drug-likeness (QED) is 0.868. The van der Waals surface area contributed by atoms with E-state index in [0.29, 0.717) is 0 Å². The molecule has 1 atom stereocenters. The molecule has 0 saturated heterocycles. The Labute approximate surface area is 124 Å². The average molecular weight is 289 g/mol. The number of pyridine rings is 1. The first-order valence-electron chi connectivity index (χ1n) is 7.27. The number of aryl methyl sites for hydroxylation is 1. The van der Waals surface area contributed by atoms with E-state index in [1.807, 2.05) is 0 Å². The van der Waals surface area contributed by atoms with Crippen LogP contribution >= 0.6 is 0 Å². The zero-order valence-corrected chi connectivity index (χ0v) is 12.5. The first kappa shape index (κ1) is 14.2. The van der Waals surface area contributed by atoms with Crippen LogP contribution in [0.2, 0.25) is 0 Å². The average Bonchev–Trinajstić information content (AvgIpc) is 2.88. The van der Waals surface area contributed by atoms with Crippen molar-refractivity contribution < 1.29 is 9.13 Å². The maximum Gasteiger partial charge on any atom is 0.141 e. The van der Waals surface area contributed by atoms with Gasteiger partial charge in [0, 0.05) is 26.0 Å². The van der Waals surface area contributed by atoms with Gasteiger partial charge in [-0.3, -0.25) is 9.67 Å². The molecule has 112 valence electrons. The Balaban J connectivity index is 1.82. The largest absolute Gasteiger partial charge is 0.385 e. The molecule has 0 saturated carbocycles. The van der Waals surface area contributed by atoms with E-state index in [9.17, 15) is 4.39 Å². The van der Waals surface area contributed by atoms with Crippen LogP contribution in [0.25, 0.3) is 11.4 Å². The second-order valence-electron chi connectivity index (χ2n) is 6.09. The number of hydrogen-bond donors (Lipinski definition) is 0. The van der Waals surface area contributed by atoms with E-state index >= 15 is 0 Å². The third kappa shape index (κ3) is 2.97. The summed E-state index contributed by atoms with van der Waals surface area (Å²) in [5.74, 6) is -0.324. The second-order valence-corrected chi connectivity index (χ2v) is 6.09. The fraction of sp³-hybridized carbons (Fsp3) is 0.500. The van der Waals surface area contributed by atoms with Crippen LogP contribution in [0.15, 0.2) is 24.4 Å². The van der Waals surface area contributed by atoms with Crippen LogP contribution < -0.4 is 0 Å². The van der Waals surface area contributed by atoms with E-state index in [2.05, 4.69) is 27.8 Å². The van der Waals surface area contributed by atoms with Crippen molar-refractivity contribution in [2.24, 2.45) is 5.41 Å². The van der Waals surface area contributed by atoms with Crippen LogP contribution in [0, 0.1) is 11.2 Å². The second kappa shape index (κ2) is 5.56. The molecule has 3 rings (SSSR count). The van der Waals surface area contributed by atoms with E-state index in [1.165, 1.54) is 18.0 Å². The number of aromatic nitrogens is 3. The van der Waals surface area contributed by atoms with Crippen molar-refractivity contribution in [1.29, 1.82) is 0 Å². The zero-order chi connectivity index (χ0) is 14.9. The van der Waals surface area contributed by atoms with Gasteiger partial charge in [-0.2, -0.15) is 5.10 Å². The minimum Gasteiger partial charge on any atom is -0.385 e. The van der Waals surface area contributed by atoms with Gasteiger partial charge in [-0.05, 0) is 42.9 Å². The molecule has 0 amide bonds. The van der Waals surface area contributed by atoms with Gasteiger partial charge >= 0.3 is 0 Å². The molecule has 0 spiro atoms. The zero-order valence-electron chi connectivity index (χ0n) is 12.5. The number of methoxy groups -OCH3 is 1. The topological polar surface area (TPSA) is 39.9 Å². The molecule has 0 radical (unpaired) electrons. The third-order valence-electron chi connectivity index (χ3n) is 4.28. The van der Waals surface area contributed by atoms with Crippen molar-refractivity contribution in [2.45, 2.75) is 32.7 Å². The van der Waals surface area contributed by atoms with Crippen LogP contribution in [0.1, 0.15) is 25.5 Å². The lowest BCUT2D eigenvalue weighted by atomic mass is 9.80. The standard InChI is InChI=1S/C16H20FN3O/c1-16(7-8-21-2)6-5-13-9-15(19-20(13)11-16)14-4-3-12(17)10-18-14/h3-4,9-10H,5-8,11H2,1-2H3. The smallest absolute Gasteiger partial charge is 0.141 e. The summed E-state index contributed by atoms with van der Waals surface area (Å²) in [5.41, 5.74) is 2.99. The van der Waals surface area contributed by atoms with Gasteiger partial charge < -0.3 is 4.74 Å². The van der Waals surface area contributed by atoms with Gasteiger partial charge in [0.1, 0.15) is 11.5 Å². The maximum atomic E-state index is 12.9. The number of nitrogens with zero attached hydrogens (tertiary/aromatic N) is 3. The van der Waals surface area contributed by atoms with Crippen LogP contribution in [-0.4, -0.2) is 28.5 Å². The van der Waals surface area contributed by atoms with Crippen molar-refractivity contribution in [3.63, 3.8) is 0 Å². The summed E-state index contributed by atoms with van der Waals surface area (Å²) in [5, 5.41) is 4.65. The summed E-state index contributed by atoms with van der Waals surface area (Å²) < 4.78 is 20.2. The SMILES string of the molecule is COCCC1(C)CCc2cc(-c3ccc(F)cn3)nn2C1. The van der Waals surface area contributed by atoms with Gasteiger partial charge in [-0.15, -0.1) is 0 Å². The lowest BCUT2D eigenvalue weighted by molar-refractivity contribution is 0.113. The van der Waals surface area contributed by atoms with Crippen LogP contribution in [0.5, 0.6) is 0 Å². The van der Waals surface area contributed by atoms with Crippen molar-refractivity contribution >= 4 is 0 Å².